The zero-order chi connectivity index (χ0) is 12.6. The van der Waals surface area contributed by atoms with Gasteiger partial charge in [0.25, 0.3) is 0 Å². The Kier molecular flexibility index (Phi) is 2.71. The third kappa shape index (κ3) is 1.66. The molecule has 2 aromatic rings. The first-order chi connectivity index (χ1) is 8.78. The summed E-state index contributed by atoms with van der Waals surface area (Å²) in [6.07, 6.45) is 1.88. The summed E-state index contributed by atoms with van der Waals surface area (Å²) in [7, 11) is 1.61. The van der Waals surface area contributed by atoms with Crippen molar-refractivity contribution in [1.82, 2.24) is 0 Å². The van der Waals surface area contributed by atoms with Gasteiger partial charge in [0.2, 0.25) is 0 Å². The van der Waals surface area contributed by atoms with E-state index in [1.54, 1.807) is 7.11 Å². The third-order valence-corrected chi connectivity index (χ3v) is 4.46. The van der Waals surface area contributed by atoms with Gasteiger partial charge in [0.05, 0.1) is 12.5 Å². The molecule has 0 spiro atoms. The van der Waals surface area contributed by atoms with E-state index in [2.05, 4.69) is 0 Å². The molecule has 1 aliphatic rings. The Hall–Kier alpha value is -1.61. The largest absolute Gasteiger partial charge is 0.495 e. The van der Waals surface area contributed by atoms with Crippen molar-refractivity contribution in [3.8, 4) is 5.75 Å². The number of carbonyl (C=O) groups excluding carboxylic acids is 1. The second-order valence-corrected chi connectivity index (χ2v) is 5.51. The maximum absolute atomic E-state index is 12.7. The lowest BCUT2D eigenvalue weighted by Crippen LogP contribution is -2.20. The highest BCUT2D eigenvalue weighted by atomic mass is 32.1. The van der Waals surface area contributed by atoms with Crippen molar-refractivity contribution in [2.75, 3.05) is 7.11 Å². The number of benzene rings is 1. The zero-order valence-electron chi connectivity index (χ0n) is 10.2. The topological polar surface area (TPSA) is 26.3 Å². The van der Waals surface area contributed by atoms with Gasteiger partial charge in [-0.3, -0.25) is 4.79 Å². The molecule has 2 nitrogen and oxygen atoms in total. The second-order valence-electron chi connectivity index (χ2n) is 4.60. The van der Waals surface area contributed by atoms with Crippen molar-refractivity contribution in [1.29, 1.82) is 0 Å². The summed E-state index contributed by atoms with van der Waals surface area (Å²) >= 11 is 1.47. The van der Waals surface area contributed by atoms with Crippen molar-refractivity contribution in [2.24, 2.45) is 0 Å². The highest BCUT2D eigenvalue weighted by Crippen LogP contribution is 2.51. The van der Waals surface area contributed by atoms with Crippen LogP contribution in [-0.4, -0.2) is 12.9 Å². The molecular formula is C15H14O2S. The van der Waals surface area contributed by atoms with Crippen LogP contribution in [0.15, 0.2) is 41.8 Å². The molecule has 1 aromatic heterocycles. The number of hydrogen-bond acceptors (Lipinski definition) is 3. The van der Waals surface area contributed by atoms with E-state index in [-0.39, 0.29) is 11.2 Å². The molecule has 0 saturated heterocycles. The van der Waals surface area contributed by atoms with Gasteiger partial charge in [0.1, 0.15) is 10.6 Å². The molecule has 1 aliphatic carbocycles. The molecular weight excluding hydrogens is 244 g/mol. The van der Waals surface area contributed by atoms with Gasteiger partial charge in [-0.1, -0.05) is 30.3 Å². The number of Topliss-reactive ketones (excluding diaryl/α,β-unsaturated/α-hetero) is 1. The summed E-state index contributed by atoms with van der Waals surface area (Å²) in [5.74, 6) is 0.910. The number of methoxy groups -OCH3 is 1. The van der Waals surface area contributed by atoms with Gasteiger partial charge < -0.3 is 4.74 Å². The number of thiophene rings is 1. The average Bonchev–Trinajstić information content (AvgIpc) is 3.10. The van der Waals surface area contributed by atoms with Gasteiger partial charge in [0.15, 0.2) is 5.78 Å². The highest BCUT2D eigenvalue weighted by molar-refractivity contribution is 7.12. The van der Waals surface area contributed by atoms with Gasteiger partial charge in [-0.25, -0.2) is 0 Å². The molecule has 0 bridgehead atoms. The average molecular weight is 258 g/mol. The van der Waals surface area contributed by atoms with E-state index in [0.29, 0.717) is 5.75 Å². The van der Waals surface area contributed by atoms with Crippen LogP contribution in [0.5, 0.6) is 5.75 Å². The Bertz CT molecular complexity index is 567. The van der Waals surface area contributed by atoms with E-state index in [4.69, 9.17) is 4.74 Å². The third-order valence-electron chi connectivity index (χ3n) is 3.57. The van der Waals surface area contributed by atoms with Crippen molar-refractivity contribution in [3.63, 3.8) is 0 Å². The van der Waals surface area contributed by atoms with Crippen molar-refractivity contribution >= 4 is 17.1 Å². The van der Waals surface area contributed by atoms with E-state index in [1.165, 1.54) is 11.3 Å². The molecule has 1 heterocycles. The summed E-state index contributed by atoms with van der Waals surface area (Å²) in [6.45, 7) is 0. The highest BCUT2D eigenvalue weighted by Gasteiger charge is 2.52. The van der Waals surface area contributed by atoms with E-state index in [1.807, 2.05) is 41.8 Å². The Labute approximate surface area is 110 Å². The van der Waals surface area contributed by atoms with E-state index < -0.39 is 0 Å². The Balaban J connectivity index is 1.98. The second kappa shape index (κ2) is 4.25. The number of carbonyl (C=O) groups is 1. The summed E-state index contributed by atoms with van der Waals surface area (Å²) in [6, 6.07) is 11.9. The van der Waals surface area contributed by atoms with Crippen LogP contribution < -0.4 is 4.74 Å². The minimum Gasteiger partial charge on any atom is -0.495 e. The number of ether oxygens (including phenoxy) is 1. The zero-order valence-corrected chi connectivity index (χ0v) is 11.0. The van der Waals surface area contributed by atoms with E-state index in [9.17, 15) is 4.79 Å². The maximum atomic E-state index is 12.7. The molecule has 0 radical (unpaired) electrons. The lowest BCUT2D eigenvalue weighted by atomic mass is 9.90. The van der Waals surface area contributed by atoms with Crippen LogP contribution in [0.25, 0.3) is 0 Å². The minimum atomic E-state index is -0.292. The molecule has 0 amide bonds. The summed E-state index contributed by atoms with van der Waals surface area (Å²) in [5.41, 5.74) is 0.838. The first-order valence-corrected chi connectivity index (χ1v) is 6.88. The number of hydrogen-bond donors (Lipinski definition) is 0. The smallest absolute Gasteiger partial charge is 0.187 e. The number of ketones is 1. The lowest BCUT2D eigenvalue weighted by Gasteiger charge is -2.14. The van der Waals surface area contributed by atoms with Gasteiger partial charge in [-0.2, -0.15) is 0 Å². The minimum absolute atomic E-state index is 0.209. The summed E-state index contributed by atoms with van der Waals surface area (Å²) in [4.78, 5) is 13.4. The molecule has 0 N–H and O–H groups in total. The fourth-order valence-electron chi connectivity index (χ4n) is 2.37. The molecule has 3 rings (SSSR count). The Morgan fingerprint density at radius 1 is 1.22 bits per heavy atom. The van der Waals surface area contributed by atoms with Crippen LogP contribution in [-0.2, 0) is 5.41 Å². The SMILES string of the molecule is COc1ccsc1C(=O)C1(c2ccccc2)CC1. The van der Waals surface area contributed by atoms with E-state index >= 15 is 0 Å². The predicted octanol–water partition coefficient (Wildman–Crippen LogP) is 3.67. The van der Waals surface area contributed by atoms with Crippen molar-refractivity contribution < 1.29 is 9.53 Å². The quantitative estimate of drug-likeness (QED) is 0.782. The van der Waals surface area contributed by atoms with E-state index in [0.717, 1.165) is 23.3 Å². The van der Waals surface area contributed by atoms with Crippen LogP contribution in [0.4, 0.5) is 0 Å². The molecule has 18 heavy (non-hydrogen) atoms. The fourth-order valence-corrected chi connectivity index (χ4v) is 3.27. The monoisotopic (exact) mass is 258 g/mol. The number of rotatable bonds is 4. The lowest BCUT2D eigenvalue weighted by molar-refractivity contribution is 0.0947. The van der Waals surface area contributed by atoms with Crippen LogP contribution in [0, 0.1) is 0 Å². The molecule has 1 aromatic carbocycles. The van der Waals surface area contributed by atoms with Gasteiger partial charge in [-0.15, -0.1) is 11.3 Å². The molecule has 3 heteroatoms. The Morgan fingerprint density at radius 3 is 2.56 bits per heavy atom. The summed E-state index contributed by atoms with van der Waals surface area (Å²) in [5, 5.41) is 1.91. The molecule has 1 fully saturated rings. The molecule has 0 aliphatic heterocycles. The molecule has 0 atom stereocenters. The maximum Gasteiger partial charge on any atom is 0.187 e. The molecule has 1 saturated carbocycles. The first-order valence-electron chi connectivity index (χ1n) is 6.00. The normalized spacial score (nSPS) is 16.3. The van der Waals surface area contributed by atoms with Crippen LogP contribution >= 0.6 is 11.3 Å². The van der Waals surface area contributed by atoms with Crippen LogP contribution in [0.2, 0.25) is 0 Å². The summed E-state index contributed by atoms with van der Waals surface area (Å²) < 4.78 is 5.25. The van der Waals surface area contributed by atoms with Crippen LogP contribution in [0.3, 0.4) is 0 Å². The Morgan fingerprint density at radius 2 is 1.94 bits per heavy atom. The first kappa shape index (κ1) is 11.5. The van der Waals surface area contributed by atoms with Crippen LogP contribution in [0.1, 0.15) is 28.1 Å². The van der Waals surface area contributed by atoms with Gasteiger partial charge >= 0.3 is 0 Å². The molecule has 92 valence electrons. The van der Waals surface area contributed by atoms with Gasteiger partial charge in [-0.05, 0) is 29.9 Å². The molecule has 0 unspecified atom stereocenters. The van der Waals surface area contributed by atoms with Crippen molar-refractivity contribution in [3.05, 3.63) is 52.2 Å². The fraction of sp³-hybridized carbons (Fsp3) is 0.267. The van der Waals surface area contributed by atoms with Gasteiger partial charge in [0, 0.05) is 0 Å². The van der Waals surface area contributed by atoms with Crippen molar-refractivity contribution in [2.45, 2.75) is 18.3 Å². The predicted molar refractivity (Wildman–Crippen MR) is 72.6 cm³/mol. The standard InChI is InChI=1S/C15H14O2S/c1-17-12-7-10-18-13(12)14(16)15(8-9-15)11-5-3-2-4-6-11/h2-7,10H,8-9H2,1H3.